The Kier molecular flexibility index (Phi) is 11.1. The van der Waals surface area contributed by atoms with Crippen LogP contribution in [0.25, 0.3) is 0 Å². The topological polar surface area (TPSA) is 66.8 Å². The maximum absolute atomic E-state index is 9.82. The number of aliphatic hydroxyl groups excluding tert-OH is 1. The average molecular weight is 164 g/mol. The van der Waals surface area contributed by atoms with Crippen molar-refractivity contribution < 1.29 is 19.7 Å². The van der Waals surface area contributed by atoms with Gasteiger partial charge in [-0.15, -0.1) is 0 Å². The first-order valence-corrected chi connectivity index (χ1v) is 3.54. The molecule has 0 fully saturated rings. The number of carbonyl (C=O) groups is 1. The first-order chi connectivity index (χ1) is 5.04. The fourth-order valence-electron chi connectivity index (χ4n) is 0.203. The molecule has 2 N–H and O–H groups in total. The Labute approximate surface area is 66.8 Å². The van der Waals surface area contributed by atoms with E-state index >= 15 is 0 Å². The Balaban J connectivity index is 0. The van der Waals surface area contributed by atoms with Crippen LogP contribution in [0.2, 0.25) is 0 Å². The van der Waals surface area contributed by atoms with E-state index in [0.29, 0.717) is 13.0 Å². The van der Waals surface area contributed by atoms with Crippen LogP contribution in [0.4, 0.5) is 0 Å². The summed E-state index contributed by atoms with van der Waals surface area (Å²) in [4.78, 5) is 9.82. The number of hydrogen-bond donors (Lipinski definition) is 2. The molecule has 4 nitrogen and oxygen atoms in total. The summed E-state index contributed by atoms with van der Waals surface area (Å²) in [5.74, 6) is -0.211. The zero-order valence-corrected chi connectivity index (χ0v) is 7.20. The second kappa shape index (κ2) is 9.39. The molecule has 0 aliphatic rings. The van der Waals surface area contributed by atoms with Gasteiger partial charge in [-0.1, -0.05) is 6.92 Å². The van der Waals surface area contributed by atoms with Gasteiger partial charge in [0.05, 0.1) is 6.61 Å². The molecular formula is C7H16O4. The Morgan fingerprint density at radius 1 is 1.45 bits per heavy atom. The van der Waals surface area contributed by atoms with E-state index in [2.05, 4.69) is 4.74 Å². The van der Waals surface area contributed by atoms with E-state index < -0.39 is 6.29 Å². The van der Waals surface area contributed by atoms with Gasteiger partial charge in [0.1, 0.15) is 0 Å². The molecule has 0 saturated heterocycles. The number of ether oxygens (including phenoxy) is 1. The summed E-state index contributed by atoms with van der Waals surface area (Å²) in [6, 6.07) is 0. The molecule has 0 spiro atoms. The summed E-state index contributed by atoms with van der Waals surface area (Å²) < 4.78 is 4.40. The minimum Gasteiger partial charge on any atom is -0.466 e. The van der Waals surface area contributed by atoms with Crippen LogP contribution in [0.1, 0.15) is 27.2 Å². The van der Waals surface area contributed by atoms with Crippen molar-refractivity contribution in [1.29, 1.82) is 0 Å². The molecule has 0 bridgehead atoms. The number of esters is 1. The summed E-state index contributed by atoms with van der Waals surface area (Å²) in [6.45, 7) is 5.35. The highest BCUT2D eigenvalue weighted by Crippen LogP contribution is 1.77. The third kappa shape index (κ3) is 26.6. The summed E-state index contributed by atoms with van der Waals surface area (Å²) >= 11 is 0. The molecule has 0 aromatic heterocycles. The molecule has 0 radical (unpaired) electrons. The van der Waals surface area contributed by atoms with Crippen molar-refractivity contribution in [2.24, 2.45) is 0 Å². The van der Waals surface area contributed by atoms with E-state index in [1.165, 1.54) is 6.92 Å². The van der Waals surface area contributed by atoms with Crippen LogP contribution in [0.15, 0.2) is 0 Å². The van der Waals surface area contributed by atoms with Gasteiger partial charge in [0.25, 0.3) is 0 Å². The van der Waals surface area contributed by atoms with Gasteiger partial charge in [-0.25, -0.2) is 0 Å². The van der Waals surface area contributed by atoms with Gasteiger partial charge in [-0.2, -0.15) is 0 Å². The third-order valence-electron chi connectivity index (χ3n) is 0.713. The summed E-state index contributed by atoms with van der Waals surface area (Å²) in [5, 5.41) is 15.8. The van der Waals surface area contributed by atoms with E-state index in [4.69, 9.17) is 10.2 Å². The van der Waals surface area contributed by atoms with Gasteiger partial charge in [0.15, 0.2) is 6.29 Å². The maximum Gasteiger partial charge on any atom is 0.302 e. The van der Waals surface area contributed by atoms with Gasteiger partial charge in [0, 0.05) is 6.92 Å². The van der Waals surface area contributed by atoms with Crippen molar-refractivity contribution in [1.82, 2.24) is 0 Å². The summed E-state index contributed by atoms with van der Waals surface area (Å²) in [7, 11) is 0. The van der Waals surface area contributed by atoms with E-state index in [1.807, 2.05) is 0 Å². The molecule has 0 atom stereocenters. The van der Waals surface area contributed by atoms with Crippen LogP contribution in [-0.4, -0.2) is 29.1 Å². The molecule has 11 heavy (non-hydrogen) atoms. The van der Waals surface area contributed by atoms with Crippen LogP contribution in [0, 0.1) is 0 Å². The van der Waals surface area contributed by atoms with Crippen molar-refractivity contribution in [3.63, 3.8) is 0 Å². The summed E-state index contributed by atoms with van der Waals surface area (Å²) in [6.07, 6.45) is -0.699. The smallest absolute Gasteiger partial charge is 0.302 e. The zero-order valence-electron chi connectivity index (χ0n) is 7.20. The molecule has 0 aliphatic heterocycles. The molecule has 0 heterocycles. The second-order valence-electron chi connectivity index (χ2n) is 1.81. The van der Waals surface area contributed by atoms with E-state index in [1.54, 1.807) is 13.8 Å². The van der Waals surface area contributed by atoms with Crippen LogP contribution in [0.3, 0.4) is 0 Å². The average Bonchev–Trinajstić information content (AvgIpc) is 1.89. The largest absolute Gasteiger partial charge is 0.466 e. The summed E-state index contributed by atoms with van der Waals surface area (Å²) in [5.41, 5.74) is 0. The molecule has 0 saturated carbocycles. The van der Waals surface area contributed by atoms with Gasteiger partial charge in [-0.3, -0.25) is 4.79 Å². The zero-order chi connectivity index (χ0) is 9.28. The second-order valence-corrected chi connectivity index (χ2v) is 1.81. The minimum absolute atomic E-state index is 0.211. The number of rotatable bonds is 2. The first-order valence-electron chi connectivity index (χ1n) is 3.54. The molecule has 0 aliphatic carbocycles. The highest BCUT2D eigenvalue weighted by Gasteiger charge is 1.83. The van der Waals surface area contributed by atoms with E-state index in [9.17, 15) is 4.79 Å². The SMILES string of the molecule is CCC(O)O.CCOC(C)=O. The van der Waals surface area contributed by atoms with Crippen LogP contribution in [0.5, 0.6) is 0 Å². The number of aliphatic hydroxyl groups is 2. The van der Waals surface area contributed by atoms with Crippen LogP contribution >= 0.6 is 0 Å². The predicted octanol–water partition coefficient (Wildman–Crippen LogP) is 0.277. The monoisotopic (exact) mass is 164 g/mol. The normalized spacial score (nSPS) is 8.55. The van der Waals surface area contributed by atoms with Gasteiger partial charge >= 0.3 is 5.97 Å². The Morgan fingerprint density at radius 2 is 1.82 bits per heavy atom. The van der Waals surface area contributed by atoms with Crippen molar-refractivity contribution in [2.45, 2.75) is 33.5 Å². The maximum atomic E-state index is 9.82. The molecule has 0 aromatic rings. The lowest BCUT2D eigenvalue weighted by atomic mass is 10.5. The van der Waals surface area contributed by atoms with Crippen molar-refractivity contribution in [3.8, 4) is 0 Å². The lowest BCUT2D eigenvalue weighted by Crippen LogP contribution is -1.99. The van der Waals surface area contributed by atoms with E-state index in [0.717, 1.165) is 0 Å². The molecule has 0 aromatic carbocycles. The number of hydrogen-bond acceptors (Lipinski definition) is 4. The lowest BCUT2D eigenvalue weighted by molar-refractivity contribution is -0.140. The Morgan fingerprint density at radius 3 is 1.82 bits per heavy atom. The molecule has 0 unspecified atom stereocenters. The van der Waals surface area contributed by atoms with Crippen molar-refractivity contribution in [2.75, 3.05) is 6.61 Å². The molecule has 68 valence electrons. The quantitative estimate of drug-likeness (QED) is 0.454. The fraction of sp³-hybridized carbons (Fsp3) is 0.857. The van der Waals surface area contributed by atoms with Crippen LogP contribution < -0.4 is 0 Å². The standard InChI is InChI=1S/C4H8O2.C3H8O2/c1-3-6-4(2)5;1-2-3(4)5/h3H2,1-2H3;3-5H,2H2,1H3. The molecular weight excluding hydrogens is 148 g/mol. The highest BCUT2D eigenvalue weighted by molar-refractivity contribution is 5.65. The lowest BCUT2D eigenvalue weighted by Gasteiger charge is -1.90. The number of carbonyl (C=O) groups excluding carboxylic acids is 1. The van der Waals surface area contributed by atoms with Gasteiger partial charge in [0.2, 0.25) is 0 Å². The predicted molar refractivity (Wildman–Crippen MR) is 40.8 cm³/mol. The Bertz CT molecular complexity index is 90.4. The molecule has 4 heteroatoms. The fourth-order valence-corrected chi connectivity index (χ4v) is 0.203. The van der Waals surface area contributed by atoms with Crippen molar-refractivity contribution in [3.05, 3.63) is 0 Å². The van der Waals surface area contributed by atoms with Gasteiger partial charge < -0.3 is 14.9 Å². The molecule has 0 amide bonds. The highest BCUT2D eigenvalue weighted by atomic mass is 16.5. The Hall–Kier alpha value is -0.610. The first kappa shape index (κ1) is 13.0. The van der Waals surface area contributed by atoms with E-state index in [-0.39, 0.29) is 5.97 Å². The van der Waals surface area contributed by atoms with Crippen molar-refractivity contribution >= 4 is 5.97 Å². The molecule has 0 rings (SSSR count). The third-order valence-corrected chi connectivity index (χ3v) is 0.713. The van der Waals surface area contributed by atoms with Gasteiger partial charge in [-0.05, 0) is 13.3 Å². The van der Waals surface area contributed by atoms with Crippen LogP contribution in [-0.2, 0) is 9.53 Å². The minimum atomic E-state index is -1.12.